The molecule has 5 heteroatoms. The molecule has 0 aliphatic carbocycles. The highest BCUT2D eigenvalue weighted by Crippen LogP contribution is 2.12. The molecule has 1 aromatic rings. The van der Waals surface area contributed by atoms with Crippen molar-refractivity contribution < 1.29 is 5.11 Å². The molecule has 16 heavy (non-hydrogen) atoms. The van der Waals surface area contributed by atoms with E-state index in [-0.39, 0.29) is 12.1 Å². The van der Waals surface area contributed by atoms with Gasteiger partial charge in [0.25, 0.3) is 0 Å². The summed E-state index contributed by atoms with van der Waals surface area (Å²) in [7, 11) is 0. The number of aliphatic hydroxyl groups excluding tert-OH is 1. The Balaban J connectivity index is 2.27. The fourth-order valence-corrected chi connectivity index (χ4v) is 1.63. The molecule has 0 saturated heterocycles. The van der Waals surface area contributed by atoms with Crippen LogP contribution in [0.4, 0.5) is 0 Å². The van der Waals surface area contributed by atoms with Gasteiger partial charge in [-0.25, -0.2) is 4.98 Å². The van der Waals surface area contributed by atoms with Crippen molar-refractivity contribution in [1.29, 1.82) is 0 Å². The maximum Gasteiger partial charge on any atom is 0.137 e. The van der Waals surface area contributed by atoms with Crippen LogP contribution >= 0.6 is 0 Å². The van der Waals surface area contributed by atoms with Crippen molar-refractivity contribution in [2.75, 3.05) is 13.2 Å². The molecule has 1 atom stereocenters. The Labute approximate surface area is 96.9 Å². The molecule has 2 N–H and O–H groups in total. The molecule has 92 valence electrons. The minimum absolute atomic E-state index is 0.170. The Hall–Kier alpha value is -0.940. The van der Waals surface area contributed by atoms with E-state index in [0.29, 0.717) is 0 Å². The summed E-state index contributed by atoms with van der Waals surface area (Å²) in [6.07, 6.45) is 6.26. The van der Waals surface area contributed by atoms with Gasteiger partial charge in [-0.2, -0.15) is 5.10 Å². The van der Waals surface area contributed by atoms with Gasteiger partial charge >= 0.3 is 0 Å². The summed E-state index contributed by atoms with van der Waals surface area (Å²) in [5, 5.41) is 16.8. The van der Waals surface area contributed by atoms with Crippen molar-refractivity contribution in [1.82, 2.24) is 20.1 Å². The lowest BCUT2D eigenvalue weighted by molar-refractivity contribution is 0.162. The van der Waals surface area contributed by atoms with Crippen LogP contribution in [0.25, 0.3) is 0 Å². The van der Waals surface area contributed by atoms with Crippen LogP contribution < -0.4 is 5.32 Å². The van der Waals surface area contributed by atoms with Crippen LogP contribution in [0.5, 0.6) is 0 Å². The number of rotatable bonds is 8. The monoisotopic (exact) mass is 226 g/mol. The molecule has 0 aliphatic heterocycles. The Kier molecular flexibility index (Phi) is 5.42. The summed E-state index contributed by atoms with van der Waals surface area (Å²) < 4.78 is 1.82. The van der Waals surface area contributed by atoms with Crippen molar-refractivity contribution >= 4 is 0 Å². The first-order chi connectivity index (χ1) is 7.70. The highest BCUT2D eigenvalue weighted by molar-refractivity contribution is 4.81. The predicted molar refractivity (Wildman–Crippen MR) is 63.0 cm³/mol. The molecular weight excluding hydrogens is 204 g/mol. The van der Waals surface area contributed by atoms with E-state index in [1.807, 2.05) is 4.68 Å². The fourth-order valence-electron chi connectivity index (χ4n) is 1.63. The summed E-state index contributed by atoms with van der Waals surface area (Å²) in [5.74, 6) is 0. The third-order valence-electron chi connectivity index (χ3n) is 2.73. The summed E-state index contributed by atoms with van der Waals surface area (Å²) in [5.41, 5.74) is -0.170. The van der Waals surface area contributed by atoms with Gasteiger partial charge in [-0.15, -0.1) is 0 Å². The second-order valence-electron chi connectivity index (χ2n) is 4.41. The van der Waals surface area contributed by atoms with Gasteiger partial charge in [0, 0.05) is 12.1 Å². The molecule has 0 aliphatic rings. The first-order valence-electron chi connectivity index (χ1n) is 5.88. The zero-order valence-electron chi connectivity index (χ0n) is 10.2. The van der Waals surface area contributed by atoms with E-state index >= 15 is 0 Å². The van der Waals surface area contributed by atoms with E-state index in [1.54, 1.807) is 12.7 Å². The zero-order chi connectivity index (χ0) is 11.9. The van der Waals surface area contributed by atoms with Crippen LogP contribution in [-0.2, 0) is 6.54 Å². The normalized spacial score (nSPS) is 14.9. The number of aliphatic hydroxyl groups is 1. The van der Waals surface area contributed by atoms with Gasteiger partial charge in [0.05, 0.1) is 6.61 Å². The highest BCUT2D eigenvalue weighted by Gasteiger charge is 2.21. The summed E-state index contributed by atoms with van der Waals surface area (Å²) in [6, 6.07) is 0. The summed E-state index contributed by atoms with van der Waals surface area (Å²) >= 11 is 0. The van der Waals surface area contributed by atoms with Crippen LogP contribution in [0.15, 0.2) is 12.7 Å². The number of hydrogen-bond acceptors (Lipinski definition) is 4. The molecule has 5 nitrogen and oxygen atoms in total. The standard InChI is InChI=1S/C11H22N4O/c1-3-6-13-11(2,8-16)5-4-7-15-10-12-9-14-15/h9-10,13,16H,3-8H2,1-2H3. The fraction of sp³-hybridized carbons (Fsp3) is 0.818. The topological polar surface area (TPSA) is 63.0 Å². The van der Waals surface area contributed by atoms with Crippen LogP contribution in [0.3, 0.4) is 0 Å². The Morgan fingerprint density at radius 2 is 2.31 bits per heavy atom. The maximum atomic E-state index is 9.37. The molecule has 0 amide bonds. The van der Waals surface area contributed by atoms with E-state index in [0.717, 1.165) is 32.4 Å². The lowest BCUT2D eigenvalue weighted by atomic mass is 9.96. The largest absolute Gasteiger partial charge is 0.394 e. The molecule has 0 bridgehead atoms. The molecule has 0 radical (unpaired) electrons. The van der Waals surface area contributed by atoms with Gasteiger partial charge in [0.15, 0.2) is 0 Å². The van der Waals surface area contributed by atoms with Gasteiger partial charge in [-0.05, 0) is 32.7 Å². The summed E-state index contributed by atoms with van der Waals surface area (Å²) in [4.78, 5) is 3.89. The van der Waals surface area contributed by atoms with Crippen LogP contribution in [0, 0.1) is 0 Å². The number of nitrogens with one attached hydrogen (secondary N) is 1. The highest BCUT2D eigenvalue weighted by atomic mass is 16.3. The Morgan fingerprint density at radius 1 is 1.50 bits per heavy atom. The molecule has 1 rings (SSSR count). The van der Waals surface area contributed by atoms with E-state index < -0.39 is 0 Å². The van der Waals surface area contributed by atoms with Crippen molar-refractivity contribution in [2.45, 2.75) is 45.2 Å². The van der Waals surface area contributed by atoms with E-state index in [9.17, 15) is 5.11 Å². The molecule has 0 saturated carbocycles. The number of aryl methyl sites for hydroxylation is 1. The Morgan fingerprint density at radius 3 is 2.88 bits per heavy atom. The average Bonchev–Trinajstić information content (AvgIpc) is 2.79. The third-order valence-corrected chi connectivity index (χ3v) is 2.73. The second kappa shape index (κ2) is 6.60. The van der Waals surface area contributed by atoms with Gasteiger partial charge in [0.2, 0.25) is 0 Å². The lowest BCUT2D eigenvalue weighted by Gasteiger charge is -2.28. The van der Waals surface area contributed by atoms with Gasteiger partial charge in [-0.1, -0.05) is 6.92 Å². The lowest BCUT2D eigenvalue weighted by Crippen LogP contribution is -2.46. The van der Waals surface area contributed by atoms with Crippen molar-refractivity contribution in [2.24, 2.45) is 0 Å². The van der Waals surface area contributed by atoms with Crippen LogP contribution in [0.1, 0.15) is 33.1 Å². The van der Waals surface area contributed by atoms with Gasteiger partial charge in [0.1, 0.15) is 12.7 Å². The number of nitrogens with zero attached hydrogens (tertiary/aromatic N) is 3. The first-order valence-corrected chi connectivity index (χ1v) is 5.88. The SMILES string of the molecule is CCCNC(C)(CO)CCCn1cncn1. The third kappa shape index (κ3) is 4.28. The quantitative estimate of drug-likeness (QED) is 0.688. The molecule has 0 aromatic carbocycles. The van der Waals surface area contributed by atoms with Crippen molar-refractivity contribution in [3.63, 3.8) is 0 Å². The maximum absolute atomic E-state index is 9.37. The molecule has 0 fully saturated rings. The minimum Gasteiger partial charge on any atom is -0.394 e. The van der Waals surface area contributed by atoms with E-state index in [1.165, 1.54) is 0 Å². The first kappa shape index (κ1) is 13.1. The van der Waals surface area contributed by atoms with Crippen LogP contribution in [0.2, 0.25) is 0 Å². The summed E-state index contributed by atoms with van der Waals surface area (Å²) in [6.45, 7) is 6.15. The van der Waals surface area contributed by atoms with Crippen molar-refractivity contribution in [3.8, 4) is 0 Å². The number of hydrogen-bond donors (Lipinski definition) is 2. The molecular formula is C11H22N4O. The number of aromatic nitrogens is 3. The second-order valence-corrected chi connectivity index (χ2v) is 4.41. The predicted octanol–water partition coefficient (Wildman–Crippen LogP) is 0.809. The van der Waals surface area contributed by atoms with Gasteiger partial charge in [-0.3, -0.25) is 4.68 Å². The molecule has 0 spiro atoms. The Bertz CT molecular complexity index is 276. The average molecular weight is 226 g/mol. The van der Waals surface area contributed by atoms with Crippen LogP contribution in [-0.4, -0.2) is 38.6 Å². The van der Waals surface area contributed by atoms with E-state index in [2.05, 4.69) is 29.2 Å². The molecule has 1 unspecified atom stereocenters. The molecule has 1 aromatic heterocycles. The zero-order valence-corrected chi connectivity index (χ0v) is 10.2. The van der Waals surface area contributed by atoms with Crippen molar-refractivity contribution in [3.05, 3.63) is 12.7 Å². The van der Waals surface area contributed by atoms with Gasteiger partial charge < -0.3 is 10.4 Å². The minimum atomic E-state index is -0.170. The smallest absolute Gasteiger partial charge is 0.137 e. The molecule has 1 heterocycles. The van der Waals surface area contributed by atoms with E-state index in [4.69, 9.17) is 0 Å².